The number of hydrogen-bond acceptors (Lipinski definition) is 5. The van der Waals surface area contributed by atoms with Crippen LogP contribution in [-0.4, -0.2) is 32.1 Å². The number of hydrogen-bond donors (Lipinski definition) is 3. The Morgan fingerprint density at radius 2 is 1.94 bits per heavy atom. The molecule has 6 nitrogen and oxygen atoms in total. The van der Waals surface area contributed by atoms with Gasteiger partial charge in [0.1, 0.15) is 6.33 Å². The highest BCUT2D eigenvalue weighted by Gasteiger charge is 2.21. The predicted molar refractivity (Wildman–Crippen MR) is 59.7 cm³/mol. The predicted octanol–water partition coefficient (Wildman–Crippen LogP) is 0.950. The third kappa shape index (κ3) is 2.64. The largest absolute Gasteiger partial charge is 0.501 e. The lowest BCUT2D eigenvalue weighted by Crippen LogP contribution is -2.36. The van der Waals surface area contributed by atoms with Crippen molar-refractivity contribution < 1.29 is 15.0 Å². The number of rotatable bonds is 2. The first-order valence-corrected chi connectivity index (χ1v) is 5.72. The number of nitrogens with zero attached hydrogens (tertiary/aromatic N) is 2. The molecule has 1 aromatic heterocycles. The number of carbonyl (C=O) groups excluding carboxylic acids is 1. The van der Waals surface area contributed by atoms with Gasteiger partial charge in [-0.1, -0.05) is 19.3 Å². The van der Waals surface area contributed by atoms with Gasteiger partial charge in [0, 0.05) is 6.04 Å². The van der Waals surface area contributed by atoms with Gasteiger partial charge in [0.15, 0.2) is 5.69 Å². The molecule has 1 heterocycles. The van der Waals surface area contributed by atoms with Crippen LogP contribution in [0.25, 0.3) is 0 Å². The maximum atomic E-state index is 11.8. The molecule has 2 rings (SSSR count). The molecule has 1 amide bonds. The fraction of sp³-hybridized carbons (Fsp3) is 0.545. The Morgan fingerprint density at radius 3 is 2.65 bits per heavy atom. The van der Waals surface area contributed by atoms with E-state index in [-0.39, 0.29) is 11.7 Å². The van der Waals surface area contributed by atoms with Crippen molar-refractivity contribution in [3.8, 4) is 11.6 Å². The molecule has 1 aliphatic rings. The summed E-state index contributed by atoms with van der Waals surface area (Å²) in [5.74, 6) is -1.61. The van der Waals surface area contributed by atoms with Crippen LogP contribution in [0, 0.1) is 0 Å². The van der Waals surface area contributed by atoms with Crippen molar-refractivity contribution in [2.75, 3.05) is 0 Å². The smallest absolute Gasteiger partial charge is 0.274 e. The highest BCUT2D eigenvalue weighted by atomic mass is 16.3. The standard InChI is InChI=1S/C11H15N3O3/c15-9-8(12-6-13-11(9)17)10(16)14-7-4-2-1-3-5-7/h6-7,15H,1-5H2,(H,14,16)(H,12,13,17). The van der Waals surface area contributed by atoms with Gasteiger partial charge in [0.05, 0.1) is 0 Å². The minimum atomic E-state index is -0.575. The van der Waals surface area contributed by atoms with Crippen molar-refractivity contribution in [3.05, 3.63) is 12.0 Å². The molecule has 1 aromatic rings. The molecule has 0 spiro atoms. The van der Waals surface area contributed by atoms with Crippen LogP contribution in [0.2, 0.25) is 0 Å². The van der Waals surface area contributed by atoms with Crippen LogP contribution in [0.3, 0.4) is 0 Å². The second-order valence-corrected chi connectivity index (χ2v) is 4.20. The number of aromatic nitrogens is 2. The van der Waals surface area contributed by atoms with Crippen molar-refractivity contribution in [2.45, 2.75) is 38.1 Å². The van der Waals surface area contributed by atoms with E-state index in [1.807, 2.05) is 0 Å². The molecular weight excluding hydrogens is 222 g/mol. The van der Waals surface area contributed by atoms with E-state index in [1.165, 1.54) is 6.42 Å². The molecule has 1 saturated carbocycles. The van der Waals surface area contributed by atoms with Crippen LogP contribution >= 0.6 is 0 Å². The Hall–Kier alpha value is -1.85. The van der Waals surface area contributed by atoms with Crippen molar-refractivity contribution in [2.24, 2.45) is 0 Å². The summed E-state index contributed by atoms with van der Waals surface area (Å²) < 4.78 is 0. The van der Waals surface area contributed by atoms with E-state index in [4.69, 9.17) is 0 Å². The molecule has 17 heavy (non-hydrogen) atoms. The summed E-state index contributed by atoms with van der Waals surface area (Å²) in [6.07, 6.45) is 6.35. The monoisotopic (exact) mass is 237 g/mol. The first kappa shape index (κ1) is 11.6. The summed E-state index contributed by atoms with van der Waals surface area (Å²) in [5.41, 5.74) is -0.178. The molecule has 6 heteroatoms. The van der Waals surface area contributed by atoms with E-state index < -0.39 is 17.5 Å². The summed E-state index contributed by atoms with van der Waals surface area (Å²) in [4.78, 5) is 18.9. The quantitative estimate of drug-likeness (QED) is 0.711. The van der Waals surface area contributed by atoms with E-state index >= 15 is 0 Å². The van der Waals surface area contributed by atoms with Gasteiger partial charge >= 0.3 is 0 Å². The fourth-order valence-corrected chi connectivity index (χ4v) is 2.04. The molecule has 1 aliphatic carbocycles. The van der Waals surface area contributed by atoms with Crippen LogP contribution in [0.5, 0.6) is 11.6 Å². The third-order valence-electron chi connectivity index (χ3n) is 2.96. The molecule has 92 valence electrons. The van der Waals surface area contributed by atoms with E-state index in [0.717, 1.165) is 32.0 Å². The topological polar surface area (TPSA) is 95.3 Å². The van der Waals surface area contributed by atoms with Gasteiger partial charge < -0.3 is 15.5 Å². The highest BCUT2D eigenvalue weighted by Crippen LogP contribution is 2.24. The van der Waals surface area contributed by atoms with Crippen LogP contribution in [0.15, 0.2) is 6.33 Å². The molecule has 0 saturated heterocycles. The minimum Gasteiger partial charge on any atom is -0.501 e. The van der Waals surface area contributed by atoms with Crippen molar-refractivity contribution >= 4 is 5.91 Å². The SMILES string of the molecule is O=C(NC1CCCCC1)c1ncnc(O)c1O. The maximum absolute atomic E-state index is 11.8. The molecule has 0 atom stereocenters. The Kier molecular flexibility index (Phi) is 3.41. The summed E-state index contributed by atoms with van der Waals surface area (Å²) in [6, 6.07) is 0.132. The highest BCUT2D eigenvalue weighted by molar-refractivity contribution is 5.95. The third-order valence-corrected chi connectivity index (χ3v) is 2.96. The van der Waals surface area contributed by atoms with E-state index in [9.17, 15) is 15.0 Å². The molecule has 0 radical (unpaired) electrons. The molecule has 0 aliphatic heterocycles. The number of carbonyl (C=O) groups is 1. The normalized spacial score (nSPS) is 16.7. The van der Waals surface area contributed by atoms with E-state index in [0.29, 0.717) is 0 Å². The van der Waals surface area contributed by atoms with Gasteiger partial charge in [-0.25, -0.2) is 4.98 Å². The van der Waals surface area contributed by atoms with Crippen molar-refractivity contribution in [3.63, 3.8) is 0 Å². The summed E-state index contributed by atoms with van der Waals surface area (Å²) in [7, 11) is 0. The second kappa shape index (κ2) is 4.99. The number of amides is 1. The molecular formula is C11H15N3O3. The van der Waals surface area contributed by atoms with Gasteiger partial charge in [-0.05, 0) is 12.8 Å². The minimum absolute atomic E-state index is 0.132. The Bertz CT molecular complexity index is 416. The van der Waals surface area contributed by atoms with Crippen LogP contribution in [0.4, 0.5) is 0 Å². The lowest BCUT2D eigenvalue weighted by Gasteiger charge is -2.22. The second-order valence-electron chi connectivity index (χ2n) is 4.20. The Morgan fingerprint density at radius 1 is 1.24 bits per heavy atom. The van der Waals surface area contributed by atoms with Gasteiger partial charge in [-0.15, -0.1) is 0 Å². The molecule has 0 bridgehead atoms. The van der Waals surface area contributed by atoms with Crippen LogP contribution in [0.1, 0.15) is 42.6 Å². The van der Waals surface area contributed by atoms with Gasteiger partial charge in [0.2, 0.25) is 5.75 Å². The zero-order valence-corrected chi connectivity index (χ0v) is 9.39. The lowest BCUT2D eigenvalue weighted by molar-refractivity contribution is 0.0918. The van der Waals surface area contributed by atoms with Crippen molar-refractivity contribution in [1.82, 2.24) is 15.3 Å². The van der Waals surface area contributed by atoms with E-state index in [1.54, 1.807) is 0 Å². The van der Waals surface area contributed by atoms with Crippen LogP contribution in [-0.2, 0) is 0 Å². The van der Waals surface area contributed by atoms with Crippen molar-refractivity contribution in [1.29, 1.82) is 0 Å². The Balaban J connectivity index is 2.06. The molecule has 0 aromatic carbocycles. The average Bonchev–Trinajstić information content (AvgIpc) is 2.34. The molecule has 1 fully saturated rings. The number of nitrogens with one attached hydrogen (secondary N) is 1. The first-order valence-electron chi connectivity index (χ1n) is 5.72. The van der Waals surface area contributed by atoms with Crippen LogP contribution < -0.4 is 5.32 Å². The lowest BCUT2D eigenvalue weighted by atomic mass is 9.95. The first-order chi connectivity index (χ1) is 8.18. The molecule has 0 unspecified atom stereocenters. The number of aromatic hydroxyl groups is 2. The molecule has 3 N–H and O–H groups in total. The van der Waals surface area contributed by atoms with Gasteiger partial charge in [0.25, 0.3) is 11.8 Å². The summed E-state index contributed by atoms with van der Waals surface area (Å²) >= 11 is 0. The van der Waals surface area contributed by atoms with E-state index in [2.05, 4.69) is 15.3 Å². The van der Waals surface area contributed by atoms with Gasteiger partial charge in [-0.3, -0.25) is 4.79 Å². The zero-order chi connectivity index (χ0) is 12.3. The fourth-order valence-electron chi connectivity index (χ4n) is 2.04. The summed E-state index contributed by atoms with van der Waals surface area (Å²) in [5, 5.41) is 21.4. The maximum Gasteiger partial charge on any atom is 0.274 e. The Labute approximate surface area is 98.7 Å². The average molecular weight is 237 g/mol. The summed E-state index contributed by atoms with van der Waals surface area (Å²) in [6.45, 7) is 0. The van der Waals surface area contributed by atoms with Gasteiger partial charge in [-0.2, -0.15) is 4.98 Å². The zero-order valence-electron chi connectivity index (χ0n) is 9.39.